The van der Waals surface area contributed by atoms with Gasteiger partial charge in [-0.1, -0.05) is 0 Å². The molecule has 0 aliphatic carbocycles. The summed E-state index contributed by atoms with van der Waals surface area (Å²) in [7, 11) is 5.45. The molecule has 1 rings (SSSR count). The van der Waals surface area contributed by atoms with Gasteiger partial charge in [0.2, 0.25) is 5.91 Å². The van der Waals surface area contributed by atoms with Gasteiger partial charge in [0.05, 0.1) is 12.8 Å². The molecule has 0 aliphatic heterocycles. The first-order chi connectivity index (χ1) is 11.0. The summed E-state index contributed by atoms with van der Waals surface area (Å²) in [6.45, 7) is 2.47. The number of likely N-dealkylation sites (N-methyl/N-ethyl adjacent to an activating group) is 1. The number of nitrogens with one attached hydrogen (secondary N) is 1. The molecular formula is C15H25N5O3. The van der Waals surface area contributed by atoms with Crippen molar-refractivity contribution in [1.29, 1.82) is 0 Å². The van der Waals surface area contributed by atoms with Gasteiger partial charge in [0, 0.05) is 52.1 Å². The van der Waals surface area contributed by atoms with Gasteiger partial charge in [-0.05, 0) is 14.1 Å². The average Bonchev–Trinajstić information content (AvgIpc) is 2.55. The Balaban J connectivity index is 2.51. The summed E-state index contributed by atoms with van der Waals surface area (Å²) in [5.74, 6) is -0.336. The molecule has 0 fully saturated rings. The number of aromatic nitrogens is 2. The number of hydrogen-bond acceptors (Lipinski definition) is 6. The van der Waals surface area contributed by atoms with Crippen LogP contribution in [-0.2, 0) is 9.53 Å². The van der Waals surface area contributed by atoms with Gasteiger partial charge in [0.15, 0.2) is 0 Å². The lowest BCUT2D eigenvalue weighted by molar-refractivity contribution is -0.121. The van der Waals surface area contributed by atoms with Crippen molar-refractivity contribution in [2.75, 3.05) is 54.0 Å². The van der Waals surface area contributed by atoms with Gasteiger partial charge >= 0.3 is 0 Å². The van der Waals surface area contributed by atoms with Gasteiger partial charge in [-0.25, -0.2) is 4.98 Å². The lowest BCUT2D eigenvalue weighted by Gasteiger charge is -2.21. The van der Waals surface area contributed by atoms with E-state index in [4.69, 9.17) is 4.74 Å². The SMILES string of the molecule is COCCN(CCC(=O)NCCN(C)C)C(=O)c1cnccn1. The molecule has 8 nitrogen and oxygen atoms in total. The van der Waals surface area contributed by atoms with Crippen LogP contribution in [0, 0.1) is 0 Å². The van der Waals surface area contributed by atoms with Gasteiger partial charge < -0.3 is 19.9 Å². The minimum atomic E-state index is -0.253. The summed E-state index contributed by atoms with van der Waals surface area (Å²) in [6.07, 6.45) is 4.63. The Morgan fingerprint density at radius 2 is 2.00 bits per heavy atom. The highest BCUT2D eigenvalue weighted by Crippen LogP contribution is 2.01. The molecule has 1 N–H and O–H groups in total. The number of hydrogen-bond donors (Lipinski definition) is 1. The molecule has 0 aromatic carbocycles. The van der Waals surface area contributed by atoms with E-state index >= 15 is 0 Å². The lowest BCUT2D eigenvalue weighted by atomic mass is 10.3. The van der Waals surface area contributed by atoms with Crippen LogP contribution in [0.15, 0.2) is 18.6 Å². The van der Waals surface area contributed by atoms with Crippen molar-refractivity contribution in [3.05, 3.63) is 24.3 Å². The van der Waals surface area contributed by atoms with E-state index in [-0.39, 0.29) is 23.9 Å². The van der Waals surface area contributed by atoms with Crippen molar-refractivity contribution >= 4 is 11.8 Å². The second kappa shape index (κ2) is 10.6. The molecule has 0 unspecified atom stereocenters. The number of amides is 2. The third-order valence-electron chi connectivity index (χ3n) is 3.12. The highest BCUT2D eigenvalue weighted by atomic mass is 16.5. The summed E-state index contributed by atoms with van der Waals surface area (Å²) in [5.41, 5.74) is 0.261. The zero-order valence-corrected chi connectivity index (χ0v) is 14.0. The van der Waals surface area contributed by atoms with Crippen molar-refractivity contribution in [2.45, 2.75) is 6.42 Å². The Labute approximate surface area is 136 Å². The quantitative estimate of drug-likeness (QED) is 0.632. The topological polar surface area (TPSA) is 87.7 Å². The van der Waals surface area contributed by atoms with Gasteiger partial charge in [-0.3, -0.25) is 14.6 Å². The number of methoxy groups -OCH3 is 1. The van der Waals surface area contributed by atoms with Crippen LogP contribution in [0.3, 0.4) is 0 Å². The fraction of sp³-hybridized carbons (Fsp3) is 0.600. The van der Waals surface area contributed by atoms with Gasteiger partial charge in [0.25, 0.3) is 5.91 Å². The second-order valence-corrected chi connectivity index (χ2v) is 5.28. The van der Waals surface area contributed by atoms with Gasteiger partial charge in [-0.2, -0.15) is 0 Å². The molecule has 0 radical (unpaired) electrons. The summed E-state index contributed by atoms with van der Waals surface area (Å²) < 4.78 is 5.02. The maximum absolute atomic E-state index is 12.4. The standard InChI is InChI=1S/C15H25N5O3/c1-19(2)9-7-18-14(21)4-8-20(10-11-23-3)15(22)13-12-16-5-6-17-13/h5-6,12H,4,7-11H2,1-3H3,(H,18,21). The molecule has 0 bridgehead atoms. The van der Waals surface area contributed by atoms with Crippen LogP contribution in [-0.4, -0.2) is 85.6 Å². The monoisotopic (exact) mass is 323 g/mol. The molecule has 0 aliphatic rings. The highest BCUT2D eigenvalue weighted by molar-refractivity contribution is 5.92. The first-order valence-electron chi connectivity index (χ1n) is 7.50. The molecule has 0 saturated carbocycles. The van der Waals surface area contributed by atoms with E-state index < -0.39 is 0 Å². The highest BCUT2D eigenvalue weighted by Gasteiger charge is 2.18. The Kier molecular flexibility index (Phi) is 8.78. The third kappa shape index (κ3) is 7.66. The predicted octanol–water partition coefficient (Wildman–Crippen LogP) is -0.367. The fourth-order valence-electron chi connectivity index (χ4n) is 1.83. The number of ether oxygens (including phenoxy) is 1. The first kappa shape index (κ1) is 19.0. The Hall–Kier alpha value is -2.06. The summed E-state index contributed by atoms with van der Waals surface area (Å²) >= 11 is 0. The smallest absolute Gasteiger partial charge is 0.274 e. The van der Waals surface area contributed by atoms with Crippen LogP contribution < -0.4 is 5.32 Å². The minimum Gasteiger partial charge on any atom is -0.383 e. The van der Waals surface area contributed by atoms with E-state index in [2.05, 4.69) is 15.3 Å². The minimum absolute atomic E-state index is 0.0822. The number of nitrogens with zero attached hydrogens (tertiary/aromatic N) is 4. The fourth-order valence-corrected chi connectivity index (χ4v) is 1.83. The largest absolute Gasteiger partial charge is 0.383 e. The van der Waals surface area contributed by atoms with Crippen molar-refractivity contribution in [2.24, 2.45) is 0 Å². The molecule has 23 heavy (non-hydrogen) atoms. The van der Waals surface area contributed by atoms with Crippen molar-refractivity contribution in [3.63, 3.8) is 0 Å². The molecule has 8 heteroatoms. The number of rotatable bonds is 10. The maximum Gasteiger partial charge on any atom is 0.274 e. The third-order valence-corrected chi connectivity index (χ3v) is 3.12. The van der Waals surface area contributed by atoms with E-state index in [0.29, 0.717) is 26.2 Å². The molecule has 0 saturated heterocycles. The first-order valence-corrected chi connectivity index (χ1v) is 7.50. The normalized spacial score (nSPS) is 10.6. The zero-order chi connectivity index (χ0) is 17.1. The molecule has 1 heterocycles. The molecule has 0 atom stereocenters. The van der Waals surface area contributed by atoms with E-state index in [0.717, 1.165) is 6.54 Å². The molecular weight excluding hydrogens is 298 g/mol. The summed E-state index contributed by atoms with van der Waals surface area (Å²) in [5, 5.41) is 2.83. The van der Waals surface area contributed by atoms with Crippen LogP contribution in [0.1, 0.15) is 16.9 Å². The molecule has 1 aromatic rings. The van der Waals surface area contributed by atoms with Crippen molar-refractivity contribution in [1.82, 2.24) is 25.1 Å². The molecule has 2 amide bonds. The van der Waals surface area contributed by atoms with Crippen molar-refractivity contribution < 1.29 is 14.3 Å². The molecule has 128 valence electrons. The molecule has 0 spiro atoms. The van der Waals surface area contributed by atoms with E-state index in [1.807, 2.05) is 19.0 Å². The van der Waals surface area contributed by atoms with E-state index in [1.54, 1.807) is 12.0 Å². The van der Waals surface area contributed by atoms with Crippen LogP contribution in [0.4, 0.5) is 0 Å². The zero-order valence-electron chi connectivity index (χ0n) is 14.0. The maximum atomic E-state index is 12.4. The second-order valence-electron chi connectivity index (χ2n) is 5.28. The summed E-state index contributed by atoms with van der Waals surface area (Å²) in [6, 6.07) is 0. The van der Waals surface area contributed by atoms with Crippen LogP contribution in [0.2, 0.25) is 0 Å². The average molecular weight is 323 g/mol. The Bertz CT molecular complexity index is 481. The van der Waals surface area contributed by atoms with Crippen LogP contribution in [0.25, 0.3) is 0 Å². The number of carbonyl (C=O) groups excluding carboxylic acids is 2. The Morgan fingerprint density at radius 1 is 1.22 bits per heavy atom. The summed E-state index contributed by atoms with van der Waals surface area (Å²) in [4.78, 5) is 35.7. The number of carbonyl (C=O) groups is 2. The van der Waals surface area contributed by atoms with E-state index in [1.165, 1.54) is 18.6 Å². The van der Waals surface area contributed by atoms with Crippen LogP contribution >= 0.6 is 0 Å². The van der Waals surface area contributed by atoms with Gasteiger partial charge in [-0.15, -0.1) is 0 Å². The van der Waals surface area contributed by atoms with Crippen LogP contribution in [0.5, 0.6) is 0 Å². The predicted molar refractivity (Wildman–Crippen MR) is 86.0 cm³/mol. The van der Waals surface area contributed by atoms with Gasteiger partial charge in [0.1, 0.15) is 5.69 Å². The lowest BCUT2D eigenvalue weighted by Crippen LogP contribution is -2.38. The van der Waals surface area contributed by atoms with E-state index in [9.17, 15) is 9.59 Å². The Morgan fingerprint density at radius 3 is 2.61 bits per heavy atom. The molecule has 1 aromatic heterocycles. The van der Waals surface area contributed by atoms with Crippen molar-refractivity contribution in [3.8, 4) is 0 Å².